The van der Waals surface area contributed by atoms with Gasteiger partial charge in [-0.25, -0.2) is 0 Å². The molecule has 0 aromatic heterocycles. The average molecular weight is 431 g/mol. The third-order valence-corrected chi connectivity index (χ3v) is 11.6. The molecular formula is C27H42O4. The first-order valence-corrected chi connectivity index (χ1v) is 13.2. The van der Waals surface area contributed by atoms with Crippen molar-refractivity contribution in [2.45, 2.75) is 103 Å². The van der Waals surface area contributed by atoms with Crippen LogP contribution >= 0.6 is 0 Å². The summed E-state index contributed by atoms with van der Waals surface area (Å²) in [5, 5.41) is 10.3. The number of Topliss-reactive ketones (excluding diaryl/α,β-unsaturated/α-hetero) is 1. The van der Waals surface area contributed by atoms with E-state index in [9.17, 15) is 9.90 Å². The minimum absolute atomic E-state index is 0.0512. The molecule has 6 rings (SSSR count). The van der Waals surface area contributed by atoms with E-state index in [1.807, 2.05) is 0 Å². The maximum atomic E-state index is 13.9. The van der Waals surface area contributed by atoms with Crippen LogP contribution in [0.15, 0.2) is 0 Å². The lowest BCUT2D eigenvalue weighted by molar-refractivity contribution is -0.272. The van der Waals surface area contributed by atoms with Gasteiger partial charge < -0.3 is 14.6 Å². The molecule has 174 valence electrons. The van der Waals surface area contributed by atoms with Crippen LogP contribution in [0.3, 0.4) is 0 Å². The zero-order valence-electron chi connectivity index (χ0n) is 19.9. The predicted molar refractivity (Wildman–Crippen MR) is 118 cm³/mol. The molecule has 0 bridgehead atoms. The van der Waals surface area contributed by atoms with Gasteiger partial charge in [0.2, 0.25) is 0 Å². The van der Waals surface area contributed by atoms with Crippen molar-refractivity contribution in [1.82, 2.24) is 0 Å². The van der Waals surface area contributed by atoms with Gasteiger partial charge in [0.25, 0.3) is 0 Å². The quantitative estimate of drug-likeness (QED) is 0.589. The highest BCUT2D eigenvalue weighted by atomic mass is 16.7. The van der Waals surface area contributed by atoms with E-state index in [1.165, 1.54) is 12.8 Å². The molecule has 0 aromatic rings. The first kappa shape index (κ1) is 21.1. The molecule has 0 amide bonds. The largest absolute Gasteiger partial charge is 0.393 e. The van der Waals surface area contributed by atoms with Gasteiger partial charge in [-0.3, -0.25) is 4.79 Å². The van der Waals surface area contributed by atoms with Gasteiger partial charge in [0.15, 0.2) is 5.79 Å². The number of rotatable bonds is 0. The van der Waals surface area contributed by atoms with Crippen LogP contribution in [0.2, 0.25) is 0 Å². The molecule has 31 heavy (non-hydrogen) atoms. The van der Waals surface area contributed by atoms with Crippen LogP contribution in [-0.4, -0.2) is 35.5 Å². The molecular weight excluding hydrogens is 388 g/mol. The summed E-state index contributed by atoms with van der Waals surface area (Å²) >= 11 is 0. The van der Waals surface area contributed by atoms with Crippen LogP contribution in [-0.2, 0) is 14.3 Å². The maximum absolute atomic E-state index is 13.9. The average Bonchev–Trinajstić information content (AvgIpc) is 3.15. The Bertz CT molecular complexity index is 756. The van der Waals surface area contributed by atoms with E-state index in [4.69, 9.17) is 9.47 Å². The second kappa shape index (κ2) is 6.79. The summed E-state index contributed by atoms with van der Waals surface area (Å²) in [6, 6.07) is 0. The van der Waals surface area contributed by atoms with Crippen molar-refractivity contribution >= 4 is 5.78 Å². The molecule has 4 aliphatic carbocycles. The van der Waals surface area contributed by atoms with E-state index in [2.05, 4.69) is 27.7 Å². The molecule has 6 aliphatic rings. The fourth-order valence-electron chi connectivity index (χ4n) is 10.1. The minimum atomic E-state index is -0.404. The zero-order valence-corrected chi connectivity index (χ0v) is 19.9. The lowest BCUT2D eigenvalue weighted by Crippen LogP contribution is -2.58. The molecule has 2 aliphatic heterocycles. The standard InChI is InChI=1S/C27H42O4/c1-15-7-10-27(30-14-15)16(2)23-22(31-27)12-20-19-6-5-17-11-18(28)8-9-25(17,3)24(19)21(29)13-26(20,23)4/h15-20,22-24,28H,5-14H2,1-4H3/t15-,16-,17+,18-,19+,20-,22-,23-,24+,25+,26+,27+/m1/s1. The van der Waals surface area contributed by atoms with Crippen LogP contribution in [0.1, 0.15) is 85.5 Å². The molecule has 0 aromatic carbocycles. The van der Waals surface area contributed by atoms with Gasteiger partial charge in [-0.05, 0) is 85.4 Å². The zero-order chi connectivity index (χ0) is 21.8. The first-order valence-electron chi connectivity index (χ1n) is 13.2. The molecule has 1 N–H and O–H groups in total. The molecule has 0 unspecified atom stereocenters. The van der Waals surface area contributed by atoms with E-state index in [0.717, 1.165) is 51.6 Å². The Morgan fingerprint density at radius 1 is 1.00 bits per heavy atom. The lowest BCUT2D eigenvalue weighted by Gasteiger charge is -2.60. The van der Waals surface area contributed by atoms with Crippen molar-refractivity contribution in [3.8, 4) is 0 Å². The van der Waals surface area contributed by atoms with E-state index in [0.29, 0.717) is 41.3 Å². The van der Waals surface area contributed by atoms with Crippen LogP contribution in [0.5, 0.6) is 0 Å². The molecule has 2 saturated heterocycles. The van der Waals surface area contributed by atoms with Gasteiger partial charge in [0, 0.05) is 24.7 Å². The number of fused-ring (bicyclic) bond motifs is 7. The van der Waals surface area contributed by atoms with Gasteiger partial charge in [-0.2, -0.15) is 0 Å². The van der Waals surface area contributed by atoms with Crippen molar-refractivity contribution in [3.63, 3.8) is 0 Å². The topological polar surface area (TPSA) is 55.8 Å². The summed E-state index contributed by atoms with van der Waals surface area (Å²) in [6.45, 7) is 10.2. The number of aliphatic hydroxyl groups is 1. The molecule has 1 spiro atoms. The van der Waals surface area contributed by atoms with E-state index >= 15 is 0 Å². The Morgan fingerprint density at radius 2 is 1.81 bits per heavy atom. The fraction of sp³-hybridized carbons (Fsp3) is 0.963. The van der Waals surface area contributed by atoms with Crippen molar-refractivity contribution in [3.05, 3.63) is 0 Å². The molecule has 4 heteroatoms. The summed E-state index contributed by atoms with van der Waals surface area (Å²) in [4.78, 5) is 13.9. The highest BCUT2D eigenvalue weighted by molar-refractivity contribution is 5.84. The van der Waals surface area contributed by atoms with Crippen molar-refractivity contribution in [2.24, 2.45) is 52.3 Å². The summed E-state index contributed by atoms with van der Waals surface area (Å²) in [5.74, 6) is 3.36. The molecule has 4 saturated carbocycles. The second-order valence-corrected chi connectivity index (χ2v) is 13.1. The number of ether oxygens (including phenoxy) is 2. The molecule has 4 nitrogen and oxygen atoms in total. The molecule has 6 fully saturated rings. The predicted octanol–water partition coefficient (Wildman–Crippen LogP) is 4.97. The highest BCUT2D eigenvalue weighted by Gasteiger charge is 2.70. The van der Waals surface area contributed by atoms with Gasteiger partial charge in [-0.1, -0.05) is 27.7 Å². The van der Waals surface area contributed by atoms with Crippen LogP contribution < -0.4 is 0 Å². The van der Waals surface area contributed by atoms with E-state index < -0.39 is 5.79 Å². The smallest absolute Gasteiger partial charge is 0.171 e. The fourth-order valence-corrected chi connectivity index (χ4v) is 10.1. The number of hydrogen-bond acceptors (Lipinski definition) is 4. The van der Waals surface area contributed by atoms with Crippen molar-refractivity contribution in [2.75, 3.05) is 6.61 Å². The number of aliphatic hydroxyl groups excluding tert-OH is 1. The van der Waals surface area contributed by atoms with Gasteiger partial charge >= 0.3 is 0 Å². The minimum Gasteiger partial charge on any atom is -0.393 e. The Morgan fingerprint density at radius 3 is 2.55 bits per heavy atom. The monoisotopic (exact) mass is 430 g/mol. The second-order valence-electron chi connectivity index (χ2n) is 13.1. The van der Waals surface area contributed by atoms with Crippen molar-refractivity contribution in [1.29, 1.82) is 0 Å². The molecule has 12 atom stereocenters. The summed E-state index contributed by atoms with van der Waals surface area (Å²) in [5.41, 5.74) is 0.143. The Hall–Kier alpha value is -0.450. The van der Waals surface area contributed by atoms with E-state index in [-0.39, 0.29) is 29.0 Å². The number of ketones is 1. The third kappa shape index (κ3) is 2.74. The highest BCUT2D eigenvalue weighted by Crippen LogP contribution is 2.70. The molecule has 0 radical (unpaired) electrons. The van der Waals surface area contributed by atoms with Crippen LogP contribution in [0.4, 0.5) is 0 Å². The van der Waals surface area contributed by atoms with Crippen LogP contribution in [0, 0.1) is 52.3 Å². The summed E-state index contributed by atoms with van der Waals surface area (Å²) in [7, 11) is 0. The normalized spacial score (nSPS) is 60.9. The van der Waals surface area contributed by atoms with E-state index in [1.54, 1.807) is 0 Å². The van der Waals surface area contributed by atoms with Crippen LogP contribution in [0.25, 0.3) is 0 Å². The Labute approximate surface area is 187 Å². The SMILES string of the molecule is C[C@@H]1CC[C@]2(OC1)O[C@@H]1C[C@@H]3[C@@H]4CC[C@H]5C[C@H](O)CC[C@]5(C)[C@@H]4C(=O)C[C@]3(C)[C@@H]1[C@H]2C. The first-order chi connectivity index (χ1) is 14.7. The molecule has 2 heterocycles. The number of carbonyl (C=O) groups excluding carboxylic acids is 1. The Balaban J connectivity index is 1.30. The summed E-state index contributed by atoms with van der Waals surface area (Å²) < 4.78 is 13.2. The maximum Gasteiger partial charge on any atom is 0.171 e. The Kier molecular flexibility index (Phi) is 4.62. The van der Waals surface area contributed by atoms with Gasteiger partial charge in [0.05, 0.1) is 18.8 Å². The van der Waals surface area contributed by atoms with Crippen molar-refractivity contribution < 1.29 is 19.4 Å². The number of hydrogen-bond donors (Lipinski definition) is 1. The lowest BCUT2D eigenvalue weighted by atomic mass is 9.44. The number of carbonyl (C=O) groups is 1. The van der Waals surface area contributed by atoms with Gasteiger partial charge in [0.1, 0.15) is 5.78 Å². The third-order valence-electron chi connectivity index (χ3n) is 11.6. The van der Waals surface area contributed by atoms with Gasteiger partial charge in [-0.15, -0.1) is 0 Å². The summed E-state index contributed by atoms with van der Waals surface area (Å²) in [6.07, 6.45) is 9.26.